The molecule has 1 atom stereocenters. The summed E-state index contributed by atoms with van der Waals surface area (Å²) in [6.45, 7) is 1.90. The number of carbonyl (C=O) groups excluding carboxylic acids is 3. The van der Waals surface area contributed by atoms with Crippen LogP contribution < -0.4 is 9.64 Å². The summed E-state index contributed by atoms with van der Waals surface area (Å²) in [6, 6.07) is 16.6. The molecule has 1 saturated heterocycles. The number of Topliss-reactive ketones (excluding diaryl/α,β-unsaturated/α-hetero) is 1. The van der Waals surface area contributed by atoms with Gasteiger partial charge >= 0.3 is 5.97 Å². The Balaban J connectivity index is 1.85. The maximum Gasteiger partial charge on any atom is 0.338 e. The highest BCUT2D eigenvalue weighted by atomic mass is 19.1. The molecule has 3 aromatic rings. The summed E-state index contributed by atoms with van der Waals surface area (Å²) in [5, 5.41) is 11.1. The molecule has 4 rings (SSSR count). The number of ether oxygens (including phenoxy) is 2. The van der Waals surface area contributed by atoms with Crippen molar-refractivity contribution in [2.75, 3.05) is 18.6 Å². The van der Waals surface area contributed by atoms with Crippen LogP contribution in [-0.4, -0.2) is 36.5 Å². The van der Waals surface area contributed by atoms with Crippen molar-refractivity contribution < 1.29 is 33.4 Å². The van der Waals surface area contributed by atoms with Gasteiger partial charge in [-0.3, -0.25) is 14.5 Å². The lowest BCUT2D eigenvalue weighted by Crippen LogP contribution is -2.29. The third-order valence-electron chi connectivity index (χ3n) is 5.63. The number of hydrogen-bond donors (Lipinski definition) is 1. The number of rotatable bonds is 6. The molecular weight excluding hydrogens is 453 g/mol. The Morgan fingerprint density at radius 2 is 1.66 bits per heavy atom. The Morgan fingerprint density at radius 3 is 2.26 bits per heavy atom. The summed E-state index contributed by atoms with van der Waals surface area (Å²) in [4.78, 5) is 39.5. The Labute approximate surface area is 201 Å². The highest BCUT2D eigenvalue weighted by molar-refractivity contribution is 6.51. The van der Waals surface area contributed by atoms with Crippen LogP contribution in [-0.2, 0) is 14.3 Å². The van der Waals surface area contributed by atoms with Crippen LogP contribution in [0.4, 0.5) is 10.1 Å². The van der Waals surface area contributed by atoms with Gasteiger partial charge in [-0.15, -0.1) is 0 Å². The maximum atomic E-state index is 14.2. The monoisotopic (exact) mass is 475 g/mol. The fraction of sp³-hybridized carbons (Fsp3) is 0.148. The second-order valence-electron chi connectivity index (χ2n) is 7.72. The molecule has 0 saturated carbocycles. The van der Waals surface area contributed by atoms with Crippen LogP contribution in [0.25, 0.3) is 5.76 Å². The summed E-state index contributed by atoms with van der Waals surface area (Å²) >= 11 is 0. The normalized spacial score (nSPS) is 16.9. The minimum absolute atomic E-state index is 0.180. The van der Waals surface area contributed by atoms with Crippen molar-refractivity contribution >= 4 is 29.1 Å². The first kappa shape index (κ1) is 23.7. The molecule has 3 aromatic carbocycles. The van der Waals surface area contributed by atoms with E-state index in [9.17, 15) is 23.9 Å². The van der Waals surface area contributed by atoms with Crippen LogP contribution in [0.3, 0.4) is 0 Å². The molecule has 7 nitrogen and oxygen atoms in total. The van der Waals surface area contributed by atoms with Gasteiger partial charge in [-0.05, 0) is 73.2 Å². The van der Waals surface area contributed by atoms with Crippen molar-refractivity contribution in [3.63, 3.8) is 0 Å². The molecule has 1 aliphatic rings. The summed E-state index contributed by atoms with van der Waals surface area (Å²) in [6.07, 6.45) is 0. The van der Waals surface area contributed by atoms with Crippen molar-refractivity contribution in [2.24, 2.45) is 0 Å². The Kier molecular flexibility index (Phi) is 6.64. The van der Waals surface area contributed by atoms with Crippen molar-refractivity contribution in [1.29, 1.82) is 0 Å². The zero-order valence-corrected chi connectivity index (χ0v) is 19.0. The number of anilines is 1. The van der Waals surface area contributed by atoms with Gasteiger partial charge in [0, 0.05) is 11.3 Å². The highest BCUT2D eigenvalue weighted by Gasteiger charge is 2.47. The lowest BCUT2D eigenvalue weighted by atomic mass is 9.95. The van der Waals surface area contributed by atoms with Gasteiger partial charge < -0.3 is 14.6 Å². The zero-order valence-electron chi connectivity index (χ0n) is 19.0. The Bertz CT molecular complexity index is 1310. The second-order valence-corrected chi connectivity index (χ2v) is 7.72. The SMILES string of the molecule is CCOC(=O)c1ccc(N2C(=O)C(=O)/C(=C(\O)c3ccc(OC)cc3)C2c2cccc(F)c2)cc1. The summed E-state index contributed by atoms with van der Waals surface area (Å²) in [5.74, 6) is -2.74. The predicted molar refractivity (Wildman–Crippen MR) is 127 cm³/mol. The number of esters is 1. The molecule has 1 heterocycles. The molecule has 1 N–H and O–H groups in total. The van der Waals surface area contributed by atoms with E-state index in [-0.39, 0.29) is 17.7 Å². The number of hydrogen-bond acceptors (Lipinski definition) is 6. The molecule has 0 aliphatic carbocycles. The molecule has 0 spiro atoms. The molecule has 1 aliphatic heterocycles. The van der Waals surface area contributed by atoms with E-state index in [1.54, 1.807) is 37.3 Å². The van der Waals surface area contributed by atoms with Crippen LogP contribution in [0.1, 0.15) is 34.5 Å². The van der Waals surface area contributed by atoms with Gasteiger partial charge in [0.2, 0.25) is 0 Å². The molecular formula is C27H22FNO6. The van der Waals surface area contributed by atoms with Crippen LogP contribution in [0, 0.1) is 5.82 Å². The quantitative estimate of drug-likeness (QED) is 0.242. The number of ketones is 1. The average molecular weight is 475 g/mol. The first-order valence-electron chi connectivity index (χ1n) is 10.8. The first-order valence-corrected chi connectivity index (χ1v) is 10.8. The minimum atomic E-state index is -1.10. The van der Waals surface area contributed by atoms with Crippen LogP contribution in [0.2, 0.25) is 0 Å². The van der Waals surface area contributed by atoms with E-state index in [0.717, 1.165) is 0 Å². The molecule has 35 heavy (non-hydrogen) atoms. The molecule has 178 valence electrons. The number of methoxy groups -OCH3 is 1. The Hall–Kier alpha value is -4.46. The number of nitrogens with zero attached hydrogens (tertiary/aromatic N) is 1. The fourth-order valence-electron chi connectivity index (χ4n) is 3.97. The summed E-state index contributed by atoms with van der Waals surface area (Å²) in [7, 11) is 1.50. The van der Waals surface area contributed by atoms with Crippen LogP contribution >= 0.6 is 0 Å². The van der Waals surface area contributed by atoms with Crippen molar-refractivity contribution in [1.82, 2.24) is 0 Å². The van der Waals surface area contributed by atoms with Gasteiger partial charge in [-0.2, -0.15) is 0 Å². The van der Waals surface area contributed by atoms with E-state index < -0.39 is 35.3 Å². The third-order valence-corrected chi connectivity index (χ3v) is 5.63. The lowest BCUT2D eigenvalue weighted by Gasteiger charge is -2.25. The third kappa shape index (κ3) is 4.50. The topological polar surface area (TPSA) is 93.1 Å². The molecule has 0 radical (unpaired) electrons. The molecule has 8 heteroatoms. The van der Waals surface area contributed by atoms with Crippen molar-refractivity contribution in [2.45, 2.75) is 13.0 Å². The van der Waals surface area contributed by atoms with E-state index in [2.05, 4.69) is 0 Å². The number of carbonyl (C=O) groups is 3. The summed E-state index contributed by atoms with van der Waals surface area (Å²) in [5.41, 5.74) is 0.979. The maximum absolute atomic E-state index is 14.2. The lowest BCUT2D eigenvalue weighted by molar-refractivity contribution is -0.132. The zero-order chi connectivity index (χ0) is 25.1. The smallest absolute Gasteiger partial charge is 0.338 e. The van der Waals surface area contributed by atoms with Crippen LogP contribution in [0.5, 0.6) is 5.75 Å². The van der Waals surface area contributed by atoms with E-state index in [1.807, 2.05) is 0 Å². The number of aliphatic hydroxyl groups is 1. The van der Waals surface area contributed by atoms with Gasteiger partial charge in [0.05, 0.1) is 30.9 Å². The average Bonchev–Trinajstić information content (AvgIpc) is 3.14. The Morgan fingerprint density at radius 1 is 1.00 bits per heavy atom. The van der Waals surface area contributed by atoms with Crippen molar-refractivity contribution in [3.8, 4) is 5.75 Å². The van der Waals surface area contributed by atoms with Gasteiger partial charge in [-0.25, -0.2) is 9.18 Å². The van der Waals surface area contributed by atoms with E-state index in [4.69, 9.17) is 9.47 Å². The van der Waals surface area contributed by atoms with Gasteiger partial charge in [0.15, 0.2) is 0 Å². The van der Waals surface area contributed by atoms with Crippen molar-refractivity contribution in [3.05, 3.63) is 101 Å². The fourth-order valence-corrected chi connectivity index (χ4v) is 3.97. The molecule has 1 fully saturated rings. The van der Waals surface area contributed by atoms with Gasteiger partial charge in [0.1, 0.15) is 17.3 Å². The molecule has 0 bridgehead atoms. The van der Waals surface area contributed by atoms with Gasteiger partial charge in [-0.1, -0.05) is 12.1 Å². The molecule has 1 amide bonds. The first-order chi connectivity index (χ1) is 16.8. The predicted octanol–water partition coefficient (Wildman–Crippen LogP) is 4.64. The van der Waals surface area contributed by atoms with Gasteiger partial charge in [0.25, 0.3) is 11.7 Å². The van der Waals surface area contributed by atoms with E-state index in [1.165, 1.54) is 54.5 Å². The molecule has 1 unspecified atom stereocenters. The number of aliphatic hydroxyl groups excluding tert-OH is 1. The largest absolute Gasteiger partial charge is 0.507 e. The summed E-state index contributed by atoms with van der Waals surface area (Å²) < 4.78 is 24.3. The number of halogens is 1. The standard InChI is InChI=1S/C27H22FNO6/c1-3-35-27(33)17-7-11-20(12-8-17)29-23(18-5-4-6-19(28)15-18)22(25(31)26(29)32)24(30)16-9-13-21(34-2)14-10-16/h4-15,23,30H,3H2,1-2H3/b24-22-. The second kappa shape index (κ2) is 9.80. The van der Waals surface area contributed by atoms with E-state index >= 15 is 0 Å². The molecule has 0 aromatic heterocycles. The van der Waals surface area contributed by atoms with E-state index in [0.29, 0.717) is 22.6 Å². The minimum Gasteiger partial charge on any atom is -0.507 e. The number of benzene rings is 3. The highest BCUT2D eigenvalue weighted by Crippen LogP contribution is 2.42. The number of amides is 1. The van der Waals surface area contributed by atoms with Crippen LogP contribution in [0.15, 0.2) is 78.4 Å².